The summed E-state index contributed by atoms with van der Waals surface area (Å²) in [5, 5.41) is 2.99. The molecule has 6 heteroatoms. The number of ether oxygens (including phenoxy) is 1. The third-order valence-corrected chi connectivity index (χ3v) is 5.23. The van der Waals surface area contributed by atoms with Crippen molar-refractivity contribution in [3.8, 4) is 5.75 Å². The van der Waals surface area contributed by atoms with Crippen LogP contribution in [0.3, 0.4) is 0 Å². The van der Waals surface area contributed by atoms with E-state index in [1.807, 2.05) is 37.3 Å². The Morgan fingerprint density at radius 2 is 1.90 bits per heavy atom. The Balaban J connectivity index is 1.41. The van der Waals surface area contributed by atoms with Crippen LogP contribution in [-0.2, 0) is 6.54 Å². The highest BCUT2D eigenvalue weighted by atomic mass is 16.5. The number of benzene rings is 2. The van der Waals surface area contributed by atoms with E-state index < -0.39 is 0 Å². The van der Waals surface area contributed by atoms with E-state index in [9.17, 15) is 4.79 Å². The van der Waals surface area contributed by atoms with E-state index in [0.717, 1.165) is 42.0 Å². The number of rotatable bonds is 9. The van der Waals surface area contributed by atoms with Crippen molar-refractivity contribution in [2.45, 2.75) is 39.3 Å². The number of unbranched alkanes of at least 4 members (excludes halogenated alkanes) is 1. The molecule has 6 nitrogen and oxygen atoms in total. The number of hydrogen-bond acceptors (Lipinski definition) is 4. The Labute approximate surface area is 181 Å². The summed E-state index contributed by atoms with van der Waals surface area (Å²) in [5.74, 6) is 1.78. The molecule has 2 heterocycles. The highest BCUT2D eigenvalue weighted by Gasteiger charge is 2.19. The summed E-state index contributed by atoms with van der Waals surface area (Å²) in [6, 6.07) is 19.3. The highest BCUT2D eigenvalue weighted by molar-refractivity contribution is 5.91. The maximum absolute atomic E-state index is 12.4. The van der Waals surface area contributed by atoms with Gasteiger partial charge in [-0.05, 0) is 63.1 Å². The molecule has 0 aliphatic carbocycles. The summed E-state index contributed by atoms with van der Waals surface area (Å²) < 4.78 is 13.2. The minimum atomic E-state index is -0.256. The predicted octanol–water partition coefficient (Wildman–Crippen LogP) is 5.29. The van der Waals surface area contributed by atoms with Crippen LogP contribution in [0.25, 0.3) is 11.0 Å². The lowest BCUT2D eigenvalue weighted by atomic mass is 10.2. The number of furan rings is 1. The van der Waals surface area contributed by atoms with Gasteiger partial charge in [0.05, 0.1) is 29.9 Å². The topological polar surface area (TPSA) is 69.3 Å². The van der Waals surface area contributed by atoms with Crippen LogP contribution in [0.4, 0.5) is 0 Å². The number of imidazole rings is 1. The van der Waals surface area contributed by atoms with Crippen molar-refractivity contribution in [3.05, 3.63) is 84.1 Å². The largest absolute Gasteiger partial charge is 0.494 e. The monoisotopic (exact) mass is 417 g/mol. The molecular formula is C25H27N3O3. The third kappa shape index (κ3) is 4.97. The SMILES string of the molecule is Cc1ccc(OCCCCn2c(C(C)NC(=O)c3ccco3)nc3ccccc32)cc1. The molecule has 0 spiro atoms. The van der Waals surface area contributed by atoms with Gasteiger partial charge in [0.15, 0.2) is 5.76 Å². The number of aromatic nitrogens is 2. The summed E-state index contributed by atoms with van der Waals surface area (Å²) in [6.45, 7) is 5.47. The second-order valence-corrected chi connectivity index (χ2v) is 7.65. The second-order valence-electron chi connectivity index (χ2n) is 7.65. The summed E-state index contributed by atoms with van der Waals surface area (Å²) >= 11 is 0. The zero-order valence-electron chi connectivity index (χ0n) is 17.9. The Hall–Kier alpha value is -3.54. The summed E-state index contributed by atoms with van der Waals surface area (Å²) in [5.41, 5.74) is 3.21. The first-order valence-corrected chi connectivity index (χ1v) is 10.6. The number of carbonyl (C=O) groups excluding carboxylic acids is 1. The van der Waals surface area contributed by atoms with Crippen LogP contribution in [0, 0.1) is 6.92 Å². The fraction of sp³-hybridized carbons (Fsp3) is 0.280. The maximum Gasteiger partial charge on any atom is 0.287 e. The van der Waals surface area contributed by atoms with E-state index in [4.69, 9.17) is 14.1 Å². The molecule has 1 N–H and O–H groups in total. The molecule has 0 saturated heterocycles. The molecule has 1 unspecified atom stereocenters. The van der Waals surface area contributed by atoms with Gasteiger partial charge in [-0.2, -0.15) is 0 Å². The van der Waals surface area contributed by atoms with Gasteiger partial charge < -0.3 is 19.0 Å². The number of fused-ring (bicyclic) bond motifs is 1. The van der Waals surface area contributed by atoms with E-state index in [0.29, 0.717) is 12.4 Å². The van der Waals surface area contributed by atoms with E-state index in [1.165, 1.54) is 11.8 Å². The molecule has 31 heavy (non-hydrogen) atoms. The summed E-state index contributed by atoms with van der Waals surface area (Å²) in [6.07, 6.45) is 3.36. The number of nitrogens with zero attached hydrogens (tertiary/aromatic N) is 2. The first kappa shape index (κ1) is 20.7. The van der Waals surface area contributed by atoms with Gasteiger partial charge in [0.1, 0.15) is 11.6 Å². The van der Waals surface area contributed by atoms with Gasteiger partial charge in [0, 0.05) is 6.54 Å². The van der Waals surface area contributed by atoms with Crippen molar-refractivity contribution in [3.63, 3.8) is 0 Å². The van der Waals surface area contributed by atoms with Crippen molar-refractivity contribution in [1.29, 1.82) is 0 Å². The van der Waals surface area contributed by atoms with Gasteiger partial charge in [-0.25, -0.2) is 4.98 Å². The number of aryl methyl sites for hydroxylation is 2. The van der Waals surface area contributed by atoms with E-state index in [-0.39, 0.29) is 11.9 Å². The van der Waals surface area contributed by atoms with Crippen LogP contribution in [-0.4, -0.2) is 22.1 Å². The van der Waals surface area contributed by atoms with Crippen LogP contribution >= 0.6 is 0 Å². The molecule has 2 aromatic heterocycles. The number of nitrogens with one attached hydrogen (secondary N) is 1. The molecule has 4 aromatic rings. The lowest BCUT2D eigenvalue weighted by molar-refractivity contribution is 0.0909. The molecule has 1 atom stereocenters. The summed E-state index contributed by atoms with van der Waals surface area (Å²) in [7, 11) is 0. The minimum Gasteiger partial charge on any atom is -0.494 e. The molecule has 160 valence electrons. The standard InChI is InChI=1S/C25H27N3O3/c1-18-11-13-20(14-12-18)30-16-6-5-15-28-22-9-4-3-8-21(22)27-24(28)19(2)26-25(29)23-10-7-17-31-23/h3-4,7-14,17,19H,5-6,15-16H2,1-2H3,(H,26,29). The van der Waals surface area contributed by atoms with E-state index in [1.54, 1.807) is 12.1 Å². The van der Waals surface area contributed by atoms with Gasteiger partial charge >= 0.3 is 0 Å². The van der Waals surface area contributed by atoms with Crippen molar-refractivity contribution in [2.75, 3.05) is 6.61 Å². The molecular weight excluding hydrogens is 390 g/mol. The maximum atomic E-state index is 12.4. The lowest BCUT2D eigenvalue weighted by Crippen LogP contribution is -2.28. The Kier molecular flexibility index (Phi) is 6.36. The number of amides is 1. The van der Waals surface area contributed by atoms with E-state index >= 15 is 0 Å². The first-order valence-electron chi connectivity index (χ1n) is 10.6. The molecule has 0 saturated carbocycles. The fourth-order valence-corrected chi connectivity index (χ4v) is 3.60. The minimum absolute atomic E-state index is 0.248. The Morgan fingerprint density at radius 1 is 1.10 bits per heavy atom. The van der Waals surface area contributed by atoms with Crippen molar-refractivity contribution in [2.24, 2.45) is 0 Å². The number of para-hydroxylation sites is 2. The van der Waals surface area contributed by atoms with Crippen molar-refractivity contribution in [1.82, 2.24) is 14.9 Å². The smallest absolute Gasteiger partial charge is 0.287 e. The van der Waals surface area contributed by atoms with Crippen molar-refractivity contribution >= 4 is 16.9 Å². The zero-order chi connectivity index (χ0) is 21.6. The second kappa shape index (κ2) is 9.51. The fourth-order valence-electron chi connectivity index (χ4n) is 3.60. The number of hydrogen-bond donors (Lipinski definition) is 1. The van der Waals surface area contributed by atoms with E-state index in [2.05, 4.69) is 35.0 Å². The quantitative estimate of drug-likeness (QED) is 0.376. The van der Waals surface area contributed by atoms with Crippen molar-refractivity contribution < 1.29 is 13.9 Å². The average Bonchev–Trinajstić information content (AvgIpc) is 3.43. The summed E-state index contributed by atoms with van der Waals surface area (Å²) in [4.78, 5) is 17.2. The van der Waals surface area contributed by atoms with Gasteiger partial charge in [-0.1, -0.05) is 29.8 Å². The molecule has 0 bridgehead atoms. The molecule has 2 aromatic carbocycles. The van der Waals surface area contributed by atoms with Gasteiger partial charge in [0.25, 0.3) is 5.91 Å². The van der Waals surface area contributed by atoms with Gasteiger partial charge in [0.2, 0.25) is 0 Å². The third-order valence-electron chi connectivity index (χ3n) is 5.23. The van der Waals surface area contributed by atoms with Crippen LogP contribution in [0.2, 0.25) is 0 Å². The van der Waals surface area contributed by atoms with Crippen LogP contribution in [0.1, 0.15) is 47.7 Å². The molecule has 0 aliphatic rings. The molecule has 4 rings (SSSR count). The average molecular weight is 418 g/mol. The van der Waals surface area contributed by atoms with Crippen LogP contribution in [0.5, 0.6) is 5.75 Å². The number of carbonyl (C=O) groups is 1. The van der Waals surface area contributed by atoms with Gasteiger partial charge in [-0.15, -0.1) is 0 Å². The molecule has 1 amide bonds. The molecule has 0 radical (unpaired) electrons. The van der Waals surface area contributed by atoms with Gasteiger partial charge in [-0.3, -0.25) is 4.79 Å². The highest BCUT2D eigenvalue weighted by Crippen LogP contribution is 2.22. The van der Waals surface area contributed by atoms with Crippen LogP contribution in [0.15, 0.2) is 71.3 Å². The predicted molar refractivity (Wildman–Crippen MR) is 120 cm³/mol. The normalized spacial score (nSPS) is 12.1. The Bertz CT molecular complexity index is 1130. The zero-order valence-corrected chi connectivity index (χ0v) is 17.9. The first-order chi connectivity index (χ1) is 15.1. The van der Waals surface area contributed by atoms with Crippen LogP contribution < -0.4 is 10.1 Å². The Morgan fingerprint density at radius 3 is 2.68 bits per heavy atom. The molecule has 0 aliphatic heterocycles. The molecule has 0 fully saturated rings. The lowest BCUT2D eigenvalue weighted by Gasteiger charge is -2.16.